The van der Waals surface area contributed by atoms with Gasteiger partial charge in [0.25, 0.3) is 0 Å². The number of furan rings is 1. The molecule has 134 valence electrons. The third kappa shape index (κ3) is 3.40. The monoisotopic (exact) mass is 350 g/mol. The average Bonchev–Trinajstić information content (AvgIpc) is 3.15. The van der Waals surface area contributed by atoms with Gasteiger partial charge in [0, 0.05) is 12.5 Å². The van der Waals surface area contributed by atoms with Gasteiger partial charge >= 0.3 is 0 Å². The molecule has 0 bridgehead atoms. The summed E-state index contributed by atoms with van der Waals surface area (Å²) in [5, 5.41) is 0.968. The molecular weight excluding hydrogens is 328 g/mol. The fourth-order valence-electron chi connectivity index (χ4n) is 3.06. The number of benzene rings is 2. The number of rotatable bonds is 7. The predicted octanol–water partition coefficient (Wildman–Crippen LogP) is 5.25. The molecule has 0 aliphatic carbocycles. The van der Waals surface area contributed by atoms with Crippen LogP contribution < -0.4 is 14.2 Å². The van der Waals surface area contributed by atoms with E-state index in [1.807, 2.05) is 36.4 Å². The first kappa shape index (κ1) is 16.6. The maximum absolute atomic E-state index is 6.08. The van der Waals surface area contributed by atoms with E-state index in [2.05, 4.69) is 19.1 Å². The summed E-state index contributed by atoms with van der Waals surface area (Å²) in [5.41, 5.74) is 3.07. The summed E-state index contributed by atoms with van der Waals surface area (Å²) in [6.45, 7) is 3.90. The zero-order valence-corrected chi connectivity index (χ0v) is 14.9. The van der Waals surface area contributed by atoms with Crippen molar-refractivity contribution in [1.82, 2.24) is 0 Å². The molecule has 1 aliphatic heterocycles. The Morgan fingerprint density at radius 1 is 1.04 bits per heavy atom. The van der Waals surface area contributed by atoms with Gasteiger partial charge in [-0.15, -0.1) is 0 Å². The number of hydrogen-bond donors (Lipinski definition) is 0. The molecule has 0 atom stereocenters. The van der Waals surface area contributed by atoms with E-state index < -0.39 is 0 Å². The van der Waals surface area contributed by atoms with Crippen LogP contribution in [-0.4, -0.2) is 19.8 Å². The van der Waals surface area contributed by atoms with Crippen LogP contribution in [0.3, 0.4) is 0 Å². The van der Waals surface area contributed by atoms with Crippen LogP contribution in [0.4, 0.5) is 0 Å². The van der Waals surface area contributed by atoms with Gasteiger partial charge in [-0.25, -0.2) is 0 Å². The van der Waals surface area contributed by atoms with Crippen molar-refractivity contribution in [3.8, 4) is 17.2 Å². The second-order valence-electron chi connectivity index (χ2n) is 6.21. The molecule has 26 heavy (non-hydrogen) atoms. The smallest absolute Gasteiger partial charge is 0.141 e. The van der Waals surface area contributed by atoms with Gasteiger partial charge in [-0.3, -0.25) is 0 Å². The van der Waals surface area contributed by atoms with Crippen molar-refractivity contribution in [2.75, 3.05) is 19.8 Å². The molecule has 2 aromatic carbocycles. The molecule has 0 radical (unpaired) electrons. The molecule has 1 aromatic heterocycles. The highest BCUT2D eigenvalue weighted by Gasteiger charge is 2.17. The lowest BCUT2D eigenvalue weighted by Crippen LogP contribution is -2.07. The standard InChI is InChI=1S/C22H22O4/c1-2-16-6-8-17(9-7-16)23-12-4-13-26-22-18-5-3-11-24-20(18)15-21-19(22)10-14-25-21/h3,5-10,14-15H,2,4,11-13H2,1H3. The maximum Gasteiger partial charge on any atom is 0.141 e. The third-order valence-electron chi connectivity index (χ3n) is 4.47. The molecule has 4 nitrogen and oxygen atoms in total. The fraction of sp³-hybridized carbons (Fsp3) is 0.273. The molecule has 0 N–H and O–H groups in total. The summed E-state index contributed by atoms with van der Waals surface area (Å²) < 4.78 is 23.1. The van der Waals surface area contributed by atoms with Crippen molar-refractivity contribution in [2.45, 2.75) is 19.8 Å². The molecule has 0 amide bonds. The van der Waals surface area contributed by atoms with Gasteiger partial charge in [0.15, 0.2) is 0 Å². The number of aryl methyl sites for hydroxylation is 1. The quantitative estimate of drug-likeness (QED) is 0.546. The summed E-state index contributed by atoms with van der Waals surface area (Å²) in [4.78, 5) is 0. The van der Waals surface area contributed by atoms with Crippen molar-refractivity contribution in [2.24, 2.45) is 0 Å². The fourth-order valence-corrected chi connectivity index (χ4v) is 3.06. The number of ether oxygens (including phenoxy) is 3. The van der Waals surface area contributed by atoms with E-state index in [0.717, 1.165) is 46.6 Å². The van der Waals surface area contributed by atoms with E-state index in [-0.39, 0.29) is 0 Å². The summed E-state index contributed by atoms with van der Waals surface area (Å²) in [6.07, 6.45) is 7.55. The zero-order chi connectivity index (χ0) is 17.8. The van der Waals surface area contributed by atoms with Crippen LogP contribution in [0.5, 0.6) is 17.2 Å². The van der Waals surface area contributed by atoms with Crippen molar-refractivity contribution in [3.05, 3.63) is 59.9 Å². The van der Waals surface area contributed by atoms with E-state index in [0.29, 0.717) is 19.8 Å². The lowest BCUT2D eigenvalue weighted by Gasteiger charge is -2.17. The summed E-state index contributed by atoms with van der Waals surface area (Å²) in [5.74, 6) is 2.51. The first-order chi connectivity index (χ1) is 12.8. The molecule has 4 heteroatoms. The molecule has 0 fully saturated rings. The first-order valence-corrected chi connectivity index (χ1v) is 9.03. The lowest BCUT2D eigenvalue weighted by molar-refractivity contribution is 0.247. The van der Waals surface area contributed by atoms with Crippen molar-refractivity contribution in [1.29, 1.82) is 0 Å². The highest BCUT2D eigenvalue weighted by Crippen LogP contribution is 2.40. The summed E-state index contributed by atoms with van der Waals surface area (Å²) in [6, 6.07) is 12.1. The van der Waals surface area contributed by atoms with Crippen LogP contribution in [0.15, 0.2) is 53.2 Å². The SMILES string of the molecule is CCc1ccc(OCCCOc2c3c(cc4occc24)OCC=C3)cc1. The van der Waals surface area contributed by atoms with Crippen molar-refractivity contribution in [3.63, 3.8) is 0 Å². The van der Waals surface area contributed by atoms with Gasteiger partial charge in [0.2, 0.25) is 0 Å². The van der Waals surface area contributed by atoms with Crippen molar-refractivity contribution < 1.29 is 18.6 Å². The van der Waals surface area contributed by atoms with E-state index in [1.54, 1.807) is 6.26 Å². The van der Waals surface area contributed by atoms with Gasteiger partial charge < -0.3 is 18.6 Å². The highest BCUT2D eigenvalue weighted by atomic mass is 16.5. The lowest BCUT2D eigenvalue weighted by atomic mass is 10.1. The zero-order valence-electron chi connectivity index (χ0n) is 14.9. The Morgan fingerprint density at radius 3 is 2.73 bits per heavy atom. The molecule has 0 spiro atoms. The Bertz CT molecular complexity index is 906. The van der Waals surface area contributed by atoms with E-state index in [4.69, 9.17) is 18.6 Å². The topological polar surface area (TPSA) is 40.8 Å². The number of hydrogen-bond acceptors (Lipinski definition) is 4. The maximum atomic E-state index is 6.08. The Labute approximate surface area is 153 Å². The second kappa shape index (κ2) is 7.56. The molecular formula is C22H22O4. The van der Waals surface area contributed by atoms with E-state index in [9.17, 15) is 0 Å². The molecule has 0 saturated carbocycles. The van der Waals surface area contributed by atoms with Crippen LogP contribution in [0.1, 0.15) is 24.5 Å². The van der Waals surface area contributed by atoms with Crippen LogP contribution in [0, 0.1) is 0 Å². The largest absolute Gasteiger partial charge is 0.493 e. The minimum atomic E-state index is 0.567. The molecule has 3 aromatic rings. The molecule has 1 aliphatic rings. The molecule has 2 heterocycles. The minimum Gasteiger partial charge on any atom is -0.493 e. The molecule has 0 unspecified atom stereocenters. The Hall–Kier alpha value is -2.88. The van der Waals surface area contributed by atoms with Crippen LogP contribution in [0.25, 0.3) is 17.0 Å². The molecule has 4 rings (SSSR count). The normalized spacial score (nSPS) is 12.7. The van der Waals surface area contributed by atoms with Crippen LogP contribution in [0.2, 0.25) is 0 Å². The van der Waals surface area contributed by atoms with Crippen molar-refractivity contribution >= 4 is 17.0 Å². The first-order valence-electron chi connectivity index (χ1n) is 9.03. The van der Waals surface area contributed by atoms with Gasteiger partial charge in [-0.2, -0.15) is 0 Å². The van der Waals surface area contributed by atoms with E-state index in [1.165, 1.54) is 5.56 Å². The Balaban J connectivity index is 1.37. The summed E-state index contributed by atoms with van der Waals surface area (Å²) >= 11 is 0. The predicted molar refractivity (Wildman–Crippen MR) is 102 cm³/mol. The molecule has 0 saturated heterocycles. The Kier molecular flexibility index (Phi) is 4.82. The third-order valence-corrected chi connectivity index (χ3v) is 4.47. The summed E-state index contributed by atoms with van der Waals surface area (Å²) in [7, 11) is 0. The average molecular weight is 350 g/mol. The minimum absolute atomic E-state index is 0.567. The van der Waals surface area contributed by atoms with E-state index >= 15 is 0 Å². The van der Waals surface area contributed by atoms with Gasteiger partial charge in [0.05, 0.1) is 30.4 Å². The Morgan fingerprint density at radius 2 is 1.88 bits per heavy atom. The van der Waals surface area contributed by atoms with Gasteiger partial charge in [0.1, 0.15) is 29.4 Å². The van der Waals surface area contributed by atoms with Crippen LogP contribution >= 0.6 is 0 Å². The second-order valence-corrected chi connectivity index (χ2v) is 6.21. The number of fused-ring (bicyclic) bond motifs is 2. The highest BCUT2D eigenvalue weighted by molar-refractivity contribution is 5.91. The van der Waals surface area contributed by atoms with Gasteiger partial charge in [-0.05, 0) is 42.3 Å². The van der Waals surface area contributed by atoms with Gasteiger partial charge in [-0.1, -0.05) is 19.1 Å². The van der Waals surface area contributed by atoms with Crippen LogP contribution in [-0.2, 0) is 6.42 Å².